The summed E-state index contributed by atoms with van der Waals surface area (Å²) in [7, 11) is 3.73. The SMILES string of the molecule is CC1CC(C)N(C)CC=P1. The number of hydrogen-bond donors (Lipinski definition) is 0. The topological polar surface area (TPSA) is 3.24 Å². The normalized spacial score (nSPS) is 37.5. The molecule has 0 aromatic carbocycles. The van der Waals surface area contributed by atoms with Crippen LogP contribution < -0.4 is 0 Å². The number of rotatable bonds is 0. The molecule has 0 saturated carbocycles. The molecule has 2 unspecified atom stereocenters. The second-order valence-corrected chi connectivity index (χ2v) is 4.75. The van der Waals surface area contributed by atoms with Crippen molar-refractivity contribution in [2.45, 2.75) is 32.0 Å². The van der Waals surface area contributed by atoms with Crippen molar-refractivity contribution in [3.8, 4) is 0 Å². The molecular formula is C8H16NP. The Morgan fingerprint density at radius 3 is 2.90 bits per heavy atom. The molecule has 1 aliphatic rings. The molecule has 58 valence electrons. The summed E-state index contributed by atoms with van der Waals surface area (Å²) in [5.74, 6) is 2.37. The van der Waals surface area contributed by atoms with Crippen molar-refractivity contribution in [3.63, 3.8) is 0 Å². The Morgan fingerprint density at radius 2 is 2.20 bits per heavy atom. The third kappa shape index (κ3) is 2.07. The van der Waals surface area contributed by atoms with Gasteiger partial charge in [0.2, 0.25) is 0 Å². The summed E-state index contributed by atoms with van der Waals surface area (Å²) in [6, 6.07) is 0.765. The predicted molar refractivity (Wildman–Crippen MR) is 49.2 cm³/mol. The molecule has 0 radical (unpaired) electrons. The highest BCUT2D eigenvalue weighted by molar-refractivity contribution is 7.39. The molecule has 1 heterocycles. The van der Waals surface area contributed by atoms with Gasteiger partial charge in [0.25, 0.3) is 0 Å². The highest BCUT2D eigenvalue weighted by atomic mass is 31.1. The molecule has 1 rings (SSSR count). The van der Waals surface area contributed by atoms with Crippen LogP contribution in [-0.4, -0.2) is 36.0 Å². The van der Waals surface area contributed by atoms with Crippen LogP contribution in [0.5, 0.6) is 0 Å². The Balaban J connectivity index is 2.52. The molecule has 0 aliphatic carbocycles. The quantitative estimate of drug-likeness (QED) is 0.485. The van der Waals surface area contributed by atoms with Gasteiger partial charge in [-0.15, -0.1) is 8.20 Å². The average Bonchev–Trinajstić information content (AvgIpc) is 1.96. The predicted octanol–water partition coefficient (Wildman–Crippen LogP) is 1.85. The first kappa shape index (κ1) is 8.23. The second-order valence-electron chi connectivity index (χ2n) is 3.20. The molecule has 0 fully saturated rings. The molecule has 0 saturated heterocycles. The monoisotopic (exact) mass is 157 g/mol. The molecular weight excluding hydrogens is 141 g/mol. The van der Waals surface area contributed by atoms with Gasteiger partial charge in [-0.3, -0.25) is 4.90 Å². The van der Waals surface area contributed by atoms with Crippen molar-refractivity contribution in [1.29, 1.82) is 0 Å². The third-order valence-corrected chi connectivity index (χ3v) is 3.26. The van der Waals surface area contributed by atoms with E-state index in [0.717, 1.165) is 18.2 Å². The molecule has 2 heteroatoms. The van der Waals surface area contributed by atoms with Gasteiger partial charge in [0, 0.05) is 12.6 Å². The lowest BCUT2D eigenvalue weighted by atomic mass is 10.2. The van der Waals surface area contributed by atoms with Crippen LogP contribution in [0, 0.1) is 0 Å². The maximum absolute atomic E-state index is 2.41. The van der Waals surface area contributed by atoms with Gasteiger partial charge in [-0.1, -0.05) is 6.92 Å². The highest BCUT2D eigenvalue weighted by Gasteiger charge is 2.13. The maximum atomic E-state index is 2.41. The average molecular weight is 157 g/mol. The Bertz CT molecular complexity index is 133. The molecule has 0 N–H and O–H groups in total. The van der Waals surface area contributed by atoms with Gasteiger partial charge in [-0.05, 0) is 31.8 Å². The van der Waals surface area contributed by atoms with Gasteiger partial charge >= 0.3 is 0 Å². The van der Waals surface area contributed by atoms with Gasteiger partial charge in [0.15, 0.2) is 0 Å². The van der Waals surface area contributed by atoms with Crippen LogP contribution in [0.25, 0.3) is 0 Å². The minimum atomic E-state index is 0.765. The lowest BCUT2D eigenvalue weighted by Crippen LogP contribution is -2.30. The van der Waals surface area contributed by atoms with Gasteiger partial charge in [-0.25, -0.2) is 0 Å². The number of nitrogens with zero attached hydrogens (tertiary/aromatic N) is 1. The van der Waals surface area contributed by atoms with E-state index in [0.29, 0.717) is 0 Å². The zero-order valence-electron chi connectivity index (χ0n) is 7.04. The summed E-state index contributed by atoms with van der Waals surface area (Å²) >= 11 is 0. The first-order valence-corrected chi connectivity index (χ1v) is 4.95. The second kappa shape index (κ2) is 3.50. The summed E-state index contributed by atoms with van der Waals surface area (Å²) in [6.07, 6.45) is 1.34. The standard InChI is InChI=1S/C8H16NP/c1-7-6-8(2)10-5-4-9(7)3/h5,7-8H,4,6H2,1-3H3. The van der Waals surface area contributed by atoms with E-state index >= 15 is 0 Å². The van der Waals surface area contributed by atoms with Gasteiger partial charge in [0.05, 0.1) is 0 Å². The minimum Gasteiger partial charge on any atom is -0.300 e. The fourth-order valence-corrected chi connectivity index (χ4v) is 2.41. The van der Waals surface area contributed by atoms with Crippen molar-refractivity contribution in [2.24, 2.45) is 0 Å². The molecule has 0 bridgehead atoms. The third-order valence-electron chi connectivity index (χ3n) is 2.16. The summed E-state index contributed by atoms with van der Waals surface area (Å²) < 4.78 is 0. The van der Waals surface area contributed by atoms with E-state index in [4.69, 9.17) is 0 Å². The number of hydrogen-bond acceptors (Lipinski definition) is 1. The molecule has 1 nitrogen and oxygen atoms in total. The molecule has 0 aromatic rings. The van der Waals surface area contributed by atoms with Crippen molar-refractivity contribution >= 4 is 14.0 Å². The maximum Gasteiger partial charge on any atom is 0.0205 e. The Hall–Kier alpha value is 0.130. The fraction of sp³-hybridized carbons (Fsp3) is 0.875. The fourth-order valence-electron chi connectivity index (χ4n) is 1.27. The van der Waals surface area contributed by atoms with Crippen LogP contribution in [-0.2, 0) is 0 Å². The van der Waals surface area contributed by atoms with Crippen LogP contribution in [0.3, 0.4) is 0 Å². The molecule has 0 spiro atoms. The van der Waals surface area contributed by atoms with E-state index in [-0.39, 0.29) is 0 Å². The van der Waals surface area contributed by atoms with E-state index in [1.165, 1.54) is 14.6 Å². The van der Waals surface area contributed by atoms with E-state index in [9.17, 15) is 0 Å². The highest BCUT2D eigenvalue weighted by Crippen LogP contribution is 2.18. The first-order valence-electron chi connectivity index (χ1n) is 3.92. The van der Waals surface area contributed by atoms with Gasteiger partial charge in [-0.2, -0.15) is 0 Å². The van der Waals surface area contributed by atoms with Gasteiger partial charge < -0.3 is 0 Å². The smallest absolute Gasteiger partial charge is 0.0205 e. The Morgan fingerprint density at radius 1 is 1.50 bits per heavy atom. The van der Waals surface area contributed by atoms with Gasteiger partial charge in [0.1, 0.15) is 0 Å². The van der Waals surface area contributed by atoms with Crippen LogP contribution in [0.15, 0.2) is 0 Å². The van der Waals surface area contributed by atoms with Crippen molar-refractivity contribution < 1.29 is 0 Å². The van der Waals surface area contributed by atoms with Crippen LogP contribution in [0.1, 0.15) is 20.3 Å². The van der Waals surface area contributed by atoms with Crippen molar-refractivity contribution in [1.82, 2.24) is 4.90 Å². The van der Waals surface area contributed by atoms with Crippen LogP contribution in [0.4, 0.5) is 0 Å². The summed E-state index contributed by atoms with van der Waals surface area (Å²) in [5.41, 5.74) is 0.861. The van der Waals surface area contributed by atoms with Crippen molar-refractivity contribution in [2.75, 3.05) is 13.6 Å². The molecule has 1 aliphatic heterocycles. The van der Waals surface area contributed by atoms with E-state index in [2.05, 4.69) is 31.6 Å². The van der Waals surface area contributed by atoms with Crippen molar-refractivity contribution in [3.05, 3.63) is 0 Å². The van der Waals surface area contributed by atoms with E-state index in [1.54, 1.807) is 0 Å². The van der Waals surface area contributed by atoms with Crippen LogP contribution >= 0.6 is 8.20 Å². The Kier molecular flexibility index (Phi) is 2.88. The molecule has 10 heavy (non-hydrogen) atoms. The zero-order valence-corrected chi connectivity index (χ0v) is 7.94. The zero-order chi connectivity index (χ0) is 7.56. The van der Waals surface area contributed by atoms with E-state index in [1.807, 2.05) is 0 Å². The summed E-state index contributed by atoms with van der Waals surface area (Å²) in [5, 5.41) is 0. The largest absolute Gasteiger partial charge is 0.300 e. The lowest BCUT2D eigenvalue weighted by Gasteiger charge is -2.21. The van der Waals surface area contributed by atoms with Crippen LogP contribution in [0.2, 0.25) is 0 Å². The Labute approximate surface area is 65.2 Å². The summed E-state index contributed by atoms with van der Waals surface area (Å²) in [6.45, 7) is 5.80. The summed E-state index contributed by atoms with van der Waals surface area (Å²) in [4.78, 5) is 2.41. The molecule has 0 amide bonds. The minimum absolute atomic E-state index is 0.765. The molecule has 2 atom stereocenters. The molecule has 0 aromatic heterocycles. The van der Waals surface area contributed by atoms with E-state index < -0.39 is 0 Å². The lowest BCUT2D eigenvalue weighted by molar-refractivity contribution is 0.283. The first-order chi connectivity index (χ1) is 4.70.